The summed E-state index contributed by atoms with van der Waals surface area (Å²) < 4.78 is 0. The molecule has 0 bridgehead atoms. The molecule has 0 radical (unpaired) electrons. The highest BCUT2D eigenvalue weighted by Gasteiger charge is 2.15. The Hall–Kier alpha value is 0. The number of unbranched alkanes of at least 4 members (excludes halogenated alkanes) is 2. The van der Waals surface area contributed by atoms with Crippen LogP contribution in [-0.2, 0) is 0 Å². The smallest absolute Gasteiger partial charge is 0.0391 e. The molecule has 0 heteroatoms. The molecule has 17 heavy (non-hydrogen) atoms. The van der Waals surface area contributed by atoms with Crippen LogP contribution in [0.15, 0.2) is 0 Å². The van der Waals surface area contributed by atoms with Crippen molar-refractivity contribution in [1.82, 2.24) is 0 Å². The van der Waals surface area contributed by atoms with Crippen LogP contribution >= 0.6 is 0 Å². The molecule has 0 nitrogen and oxygen atoms in total. The van der Waals surface area contributed by atoms with Crippen LogP contribution in [0, 0.1) is 17.8 Å². The van der Waals surface area contributed by atoms with E-state index in [9.17, 15) is 0 Å². The zero-order valence-corrected chi connectivity index (χ0v) is 13.7. The van der Waals surface area contributed by atoms with E-state index in [1.807, 2.05) is 13.8 Å². The summed E-state index contributed by atoms with van der Waals surface area (Å²) in [5.41, 5.74) is 0. The monoisotopic (exact) mass is 242 g/mol. The van der Waals surface area contributed by atoms with E-state index in [0.29, 0.717) is 0 Å². The minimum atomic E-state index is 0.877. The fourth-order valence-electron chi connectivity index (χ4n) is 2.39. The van der Waals surface area contributed by atoms with Gasteiger partial charge in [-0.05, 0) is 24.2 Å². The largest absolute Gasteiger partial charge is 0.0683 e. The van der Waals surface area contributed by atoms with Crippen LogP contribution in [0.25, 0.3) is 0 Å². The molecule has 0 saturated carbocycles. The molecule has 0 fully saturated rings. The maximum atomic E-state index is 2.46. The van der Waals surface area contributed by atoms with Gasteiger partial charge in [0.15, 0.2) is 0 Å². The van der Waals surface area contributed by atoms with E-state index >= 15 is 0 Å². The van der Waals surface area contributed by atoms with E-state index in [2.05, 4.69) is 34.6 Å². The first-order valence-corrected chi connectivity index (χ1v) is 8.11. The summed E-state index contributed by atoms with van der Waals surface area (Å²) in [6.07, 6.45) is 9.90. The van der Waals surface area contributed by atoms with E-state index in [0.717, 1.165) is 17.8 Å². The number of rotatable bonds is 9. The van der Waals surface area contributed by atoms with Gasteiger partial charge in [-0.3, -0.25) is 0 Å². The molecule has 0 amide bonds. The third-order valence-corrected chi connectivity index (χ3v) is 3.71. The Morgan fingerprint density at radius 1 is 0.765 bits per heavy atom. The molecule has 0 saturated heterocycles. The lowest BCUT2D eigenvalue weighted by Crippen LogP contribution is -2.12. The third kappa shape index (κ3) is 12.2. The zero-order chi connectivity index (χ0) is 13.7. The summed E-state index contributed by atoms with van der Waals surface area (Å²) in [6, 6.07) is 0. The lowest BCUT2D eigenvalue weighted by Gasteiger charge is -2.23. The van der Waals surface area contributed by atoms with E-state index in [4.69, 9.17) is 0 Å². The Morgan fingerprint density at radius 3 is 1.76 bits per heavy atom. The van der Waals surface area contributed by atoms with Crippen LogP contribution in [-0.4, -0.2) is 0 Å². The third-order valence-electron chi connectivity index (χ3n) is 3.71. The highest BCUT2D eigenvalue weighted by Crippen LogP contribution is 2.27. The van der Waals surface area contributed by atoms with E-state index in [-0.39, 0.29) is 0 Å². The lowest BCUT2D eigenvalue weighted by molar-refractivity contribution is 0.283. The van der Waals surface area contributed by atoms with Crippen molar-refractivity contribution in [2.45, 2.75) is 93.4 Å². The van der Waals surface area contributed by atoms with Gasteiger partial charge in [0, 0.05) is 0 Å². The zero-order valence-electron chi connectivity index (χ0n) is 13.7. The highest BCUT2D eigenvalue weighted by atomic mass is 14.2. The first kappa shape index (κ1) is 19.3. The first-order chi connectivity index (χ1) is 8.11. The molecular formula is C17H38. The van der Waals surface area contributed by atoms with Gasteiger partial charge in [-0.1, -0.05) is 87.0 Å². The summed E-state index contributed by atoms with van der Waals surface area (Å²) in [7, 11) is 0. The highest BCUT2D eigenvalue weighted by molar-refractivity contribution is 4.66. The molecule has 0 aromatic carbocycles. The normalized spacial score (nSPS) is 14.1. The average Bonchev–Trinajstić information content (AvgIpc) is 2.32. The van der Waals surface area contributed by atoms with Gasteiger partial charge in [-0.2, -0.15) is 0 Å². The average molecular weight is 242 g/mol. The molecule has 0 aromatic rings. The molecule has 0 aliphatic rings. The van der Waals surface area contributed by atoms with Gasteiger partial charge in [-0.25, -0.2) is 0 Å². The SMILES string of the molecule is CC.CCCCCC(C)C(CC)CCC(C)C. The van der Waals surface area contributed by atoms with Crippen molar-refractivity contribution in [3.63, 3.8) is 0 Å². The maximum absolute atomic E-state index is 2.46. The Morgan fingerprint density at radius 2 is 1.35 bits per heavy atom. The predicted molar refractivity (Wildman–Crippen MR) is 82.5 cm³/mol. The molecule has 0 spiro atoms. The van der Waals surface area contributed by atoms with Crippen LogP contribution in [0.2, 0.25) is 0 Å². The van der Waals surface area contributed by atoms with Crippen molar-refractivity contribution < 1.29 is 0 Å². The molecular weight excluding hydrogens is 204 g/mol. The van der Waals surface area contributed by atoms with Crippen molar-refractivity contribution in [2.75, 3.05) is 0 Å². The molecule has 106 valence electrons. The minimum Gasteiger partial charge on any atom is -0.0683 e. The maximum Gasteiger partial charge on any atom is -0.0391 e. The Kier molecular flexibility index (Phi) is 16.0. The van der Waals surface area contributed by atoms with E-state index in [1.165, 1.54) is 44.9 Å². The van der Waals surface area contributed by atoms with E-state index < -0.39 is 0 Å². The molecule has 0 aliphatic heterocycles. The number of hydrogen-bond donors (Lipinski definition) is 0. The summed E-state index contributed by atoms with van der Waals surface area (Å²) in [5, 5.41) is 0. The van der Waals surface area contributed by atoms with Crippen LogP contribution in [0.4, 0.5) is 0 Å². The minimum absolute atomic E-state index is 0.877. The topological polar surface area (TPSA) is 0 Å². The van der Waals surface area contributed by atoms with Gasteiger partial charge in [0.25, 0.3) is 0 Å². The van der Waals surface area contributed by atoms with Crippen molar-refractivity contribution >= 4 is 0 Å². The Balaban J connectivity index is 0. The van der Waals surface area contributed by atoms with Gasteiger partial charge in [0.05, 0.1) is 0 Å². The lowest BCUT2D eigenvalue weighted by atomic mass is 9.83. The summed E-state index contributed by atoms with van der Waals surface area (Å²) >= 11 is 0. The Bertz CT molecular complexity index is 126. The molecule has 0 heterocycles. The summed E-state index contributed by atoms with van der Waals surface area (Å²) in [5.74, 6) is 2.80. The van der Waals surface area contributed by atoms with Crippen molar-refractivity contribution in [3.8, 4) is 0 Å². The number of hydrogen-bond acceptors (Lipinski definition) is 0. The quantitative estimate of drug-likeness (QED) is 0.395. The fraction of sp³-hybridized carbons (Fsp3) is 1.00. The second-order valence-electron chi connectivity index (χ2n) is 5.61. The molecule has 2 atom stereocenters. The van der Waals surface area contributed by atoms with Crippen LogP contribution < -0.4 is 0 Å². The fourth-order valence-corrected chi connectivity index (χ4v) is 2.39. The first-order valence-electron chi connectivity index (χ1n) is 8.11. The molecule has 0 rings (SSSR count). The molecule has 0 aliphatic carbocycles. The van der Waals surface area contributed by atoms with Gasteiger partial charge in [-0.15, -0.1) is 0 Å². The summed E-state index contributed by atoms with van der Waals surface area (Å²) in [6.45, 7) is 15.8. The standard InChI is InChI=1S/C15H32.C2H6/c1-6-8-9-10-14(5)15(7-2)12-11-13(3)4;1-2/h13-15H,6-12H2,1-5H3;1-2H3. The van der Waals surface area contributed by atoms with Gasteiger partial charge >= 0.3 is 0 Å². The molecule has 0 N–H and O–H groups in total. The van der Waals surface area contributed by atoms with Crippen LogP contribution in [0.5, 0.6) is 0 Å². The second kappa shape index (κ2) is 14.1. The predicted octanol–water partition coefficient (Wildman–Crippen LogP) is 6.69. The van der Waals surface area contributed by atoms with E-state index in [1.54, 1.807) is 0 Å². The summed E-state index contributed by atoms with van der Waals surface area (Å²) in [4.78, 5) is 0. The van der Waals surface area contributed by atoms with Crippen molar-refractivity contribution in [1.29, 1.82) is 0 Å². The van der Waals surface area contributed by atoms with Crippen molar-refractivity contribution in [3.05, 3.63) is 0 Å². The van der Waals surface area contributed by atoms with Gasteiger partial charge < -0.3 is 0 Å². The van der Waals surface area contributed by atoms with Crippen molar-refractivity contribution in [2.24, 2.45) is 17.8 Å². The molecule has 0 aromatic heterocycles. The van der Waals surface area contributed by atoms with Gasteiger partial charge in [0.2, 0.25) is 0 Å². The van der Waals surface area contributed by atoms with Crippen LogP contribution in [0.1, 0.15) is 93.4 Å². The van der Waals surface area contributed by atoms with Gasteiger partial charge in [0.1, 0.15) is 0 Å². The second-order valence-corrected chi connectivity index (χ2v) is 5.61. The molecule has 2 unspecified atom stereocenters. The Labute approximate surface area is 112 Å². The van der Waals surface area contributed by atoms with Crippen LogP contribution in [0.3, 0.4) is 0 Å².